The predicted octanol–water partition coefficient (Wildman–Crippen LogP) is 0.842. The van der Waals surface area contributed by atoms with E-state index in [0.717, 1.165) is 9.13 Å². The molecule has 0 saturated carbocycles. The van der Waals surface area contributed by atoms with Crippen LogP contribution >= 0.6 is 0 Å². The number of carbonyl (C=O) groups is 2. The van der Waals surface area contributed by atoms with Crippen LogP contribution in [0.15, 0.2) is 27.8 Å². The van der Waals surface area contributed by atoms with Gasteiger partial charge in [0.05, 0.1) is 19.8 Å². The van der Waals surface area contributed by atoms with Gasteiger partial charge in [0, 0.05) is 19.7 Å². The first-order chi connectivity index (χ1) is 14.1. The van der Waals surface area contributed by atoms with Crippen molar-refractivity contribution in [2.45, 2.75) is 20.4 Å². The minimum atomic E-state index is -0.846. The molecule has 0 fully saturated rings. The Morgan fingerprint density at radius 3 is 2.13 bits per heavy atom. The average Bonchev–Trinajstić information content (AvgIpc) is 2.72. The van der Waals surface area contributed by atoms with Gasteiger partial charge in [-0.1, -0.05) is 13.8 Å². The second-order valence-corrected chi connectivity index (χ2v) is 7.01. The average molecular weight is 419 g/mol. The van der Waals surface area contributed by atoms with Crippen LogP contribution in [-0.4, -0.2) is 41.7 Å². The van der Waals surface area contributed by atoms with Crippen molar-refractivity contribution >= 4 is 17.6 Å². The molecule has 0 aliphatic heterocycles. The SMILES string of the molecule is COc1cc(OC)cc(C(=O)OCC(=O)c2c(N)n(CC(C)C)c(=O)n(C)c2=O)c1. The molecule has 1 aromatic heterocycles. The second kappa shape index (κ2) is 9.29. The van der Waals surface area contributed by atoms with E-state index in [2.05, 4.69) is 0 Å². The zero-order valence-corrected chi connectivity index (χ0v) is 17.6. The maximum Gasteiger partial charge on any atom is 0.338 e. The van der Waals surface area contributed by atoms with E-state index < -0.39 is 35.2 Å². The molecular weight excluding hydrogens is 394 g/mol. The number of nitrogens with zero attached hydrogens (tertiary/aromatic N) is 2. The quantitative estimate of drug-likeness (QED) is 0.492. The lowest BCUT2D eigenvalue weighted by atomic mass is 10.1. The zero-order valence-electron chi connectivity index (χ0n) is 17.6. The molecule has 2 rings (SSSR count). The van der Waals surface area contributed by atoms with Gasteiger partial charge < -0.3 is 19.9 Å². The van der Waals surface area contributed by atoms with E-state index in [-0.39, 0.29) is 23.8 Å². The van der Waals surface area contributed by atoms with E-state index >= 15 is 0 Å². The number of rotatable bonds is 8. The highest BCUT2D eigenvalue weighted by atomic mass is 16.5. The topological polar surface area (TPSA) is 132 Å². The molecule has 2 N–H and O–H groups in total. The third kappa shape index (κ3) is 4.70. The zero-order chi connectivity index (χ0) is 22.6. The first kappa shape index (κ1) is 22.7. The summed E-state index contributed by atoms with van der Waals surface area (Å²) in [5, 5.41) is 0. The largest absolute Gasteiger partial charge is 0.497 e. The number of hydrogen-bond acceptors (Lipinski definition) is 8. The maximum atomic E-state index is 12.6. The Morgan fingerprint density at radius 1 is 1.07 bits per heavy atom. The molecule has 1 aromatic carbocycles. The highest BCUT2D eigenvalue weighted by Gasteiger charge is 2.23. The van der Waals surface area contributed by atoms with Gasteiger partial charge in [-0.3, -0.25) is 18.7 Å². The Morgan fingerprint density at radius 2 is 1.63 bits per heavy atom. The second-order valence-electron chi connectivity index (χ2n) is 7.01. The van der Waals surface area contributed by atoms with Crippen molar-refractivity contribution in [3.8, 4) is 11.5 Å². The number of nitrogen functional groups attached to an aromatic ring is 1. The van der Waals surface area contributed by atoms with Crippen LogP contribution in [0.3, 0.4) is 0 Å². The summed E-state index contributed by atoms with van der Waals surface area (Å²) in [5.74, 6) is -1.09. The standard InChI is InChI=1S/C20H25N3O7/c1-11(2)9-23-17(21)16(18(25)22(3)20(23)27)15(24)10-30-19(26)12-6-13(28-4)8-14(7-12)29-5/h6-8,11H,9-10,21H2,1-5H3. The maximum absolute atomic E-state index is 12.6. The lowest BCUT2D eigenvalue weighted by Gasteiger charge is -2.16. The minimum absolute atomic E-state index is 0.0475. The molecule has 0 radical (unpaired) electrons. The predicted molar refractivity (Wildman–Crippen MR) is 109 cm³/mol. The number of ether oxygens (including phenoxy) is 3. The molecule has 10 heteroatoms. The molecule has 0 bridgehead atoms. The third-order valence-corrected chi connectivity index (χ3v) is 4.33. The van der Waals surface area contributed by atoms with Crippen LogP contribution in [0.5, 0.6) is 11.5 Å². The van der Waals surface area contributed by atoms with Gasteiger partial charge in [0.15, 0.2) is 6.61 Å². The van der Waals surface area contributed by atoms with E-state index in [9.17, 15) is 19.2 Å². The lowest BCUT2D eigenvalue weighted by Crippen LogP contribution is -2.43. The Hall–Kier alpha value is -3.56. The Labute approximate surface area is 172 Å². The highest BCUT2D eigenvalue weighted by Crippen LogP contribution is 2.23. The van der Waals surface area contributed by atoms with Crippen LogP contribution in [0.1, 0.15) is 34.6 Å². The van der Waals surface area contributed by atoms with Crippen molar-refractivity contribution in [1.29, 1.82) is 0 Å². The van der Waals surface area contributed by atoms with Crippen molar-refractivity contribution in [3.63, 3.8) is 0 Å². The summed E-state index contributed by atoms with van der Waals surface area (Å²) < 4.78 is 17.2. The van der Waals surface area contributed by atoms with Crippen LogP contribution in [0.25, 0.3) is 0 Å². The fourth-order valence-corrected chi connectivity index (χ4v) is 2.80. The van der Waals surface area contributed by atoms with E-state index in [1.54, 1.807) is 6.07 Å². The van der Waals surface area contributed by atoms with Crippen molar-refractivity contribution in [1.82, 2.24) is 9.13 Å². The van der Waals surface area contributed by atoms with Crippen LogP contribution in [0.2, 0.25) is 0 Å². The number of benzene rings is 1. The number of hydrogen-bond donors (Lipinski definition) is 1. The first-order valence-electron chi connectivity index (χ1n) is 9.13. The van der Waals surface area contributed by atoms with Gasteiger partial charge >= 0.3 is 11.7 Å². The molecule has 10 nitrogen and oxygen atoms in total. The summed E-state index contributed by atoms with van der Waals surface area (Å²) in [6.07, 6.45) is 0. The van der Waals surface area contributed by atoms with Crippen molar-refractivity contribution in [2.75, 3.05) is 26.6 Å². The molecular formula is C20H25N3O7. The van der Waals surface area contributed by atoms with Gasteiger partial charge in [-0.25, -0.2) is 9.59 Å². The van der Waals surface area contributed by atoms with E-state index in [1.165, 1.54) is 33.4 Å². The Kier molecular flexibility index (Phi) is 7.04. The Bertz CT molecular complexity index is 1060. The van der Waals surface area contributed by atoms with Gasteiger partial charge in [-0.15, -0.1) is 0 Å². The molecule has 0 unspecified atom stereocenters. The van der Waals surface area contributed by atoms with Gasteiger partial charge in [0.2, 0.25) is 5.78 Å². The molecule has 0 amide bonds. The number of ketones is 1. The number of methoxy groups -OCH3 is 2. The summed E-state index contributed by atoms with van der Waals surface area (Å²) in [7, 11) is 4.11. The minimum Gasteiger partial charge on any atom is -0.497 e. The number of carbonyl (C=O) groups excluding carboxylic acids is 2. The van der Waals surface area contributed by atoms with Crippen molar-refractivity contribution in [3.05, 3.63) is 50.2 Å². The normalized spacial score (nSPS) is 10.7. The van der Waals surface area contributed by atoms with Gasteiger partial charge in [-0.2, -0.15) is 0 Å². The molecule has 0 saturated heterocycles. The summed E-state index contributed by atoms with van der Waals surface area (Å²) in [5.41, 5.74) is 4.19. The van der Waals surface area contributed by atoms with E-state index in [1.807, 2.05) is 13.8 Å². The van der Waals surface area contributed by atoms with Gasteiger partial charge in [0.1, 0.15) is 22.9 Å². The van der Waals surface area contributed by atoms with Gasteiger partial charge in [0.25, 0.3) is 5.56 Å². The number of aromatic nitrogens is 2. The molecule has 0 aliphatic rings. The Balaban J connectivity index is 2.31. The van der Waals surface area contributed by atoms with E-state index in [0.29, 0.717) is 11.5 Å². The summed E-state index contributed by atoms with van der Waals surface area (Å²) in [6.45, 7) is 3.23. The summed E-state index contributed by atoms with van der Waals surface area (Å²) in [4.78, 5) is 49.8. The van der Waals surface area contributed by atoms with Crippen molar-refractivity contribution < 1.29 is 23.8 Å². The molecule has 0 spiro atoms. The number of Topliss-reactive ketones (excluding diaryl/α,β-unsaturated/α-hetero) is 1. The third-order valence-electron chi connectivity index (χ3n) is 4.33. The number of esters is 1. The number of nitrogens with two attached hydrogens (primary N) is 1. The molecule has 30 heavy (non-hydrogen) atoms. The van der Waals surface area contributed by atoms with Crippen LogP contribution in [0, 0.1) is 5.92 Å². The fraction of sp³-hybridized carbons (Fsp3) is 0.400. The molecule has 1 heterocycles. The van der Waals surface area contributed by atoms with Crippen molar-refractivity contribution in [2.24, 2.45) is 13.0 Å². The monoisotopic (exact) mass is 419 g/mol. The fourth-order valence-electron chi connectivity index (χ4n) is 2.80. The molecule has 162 valence electrons. The van der Waals surface area contributed by atoms with Crippen LogP contribution in [-0.2, 0) is 18.3 Å². The first-order valence-corrected chi connectivity index (χ1v) is 9.13. The van der Waals surface area contributed by atoms with Crippen LogP contribution in [0.4, 0.5) is 5.82 Å². The lowest BCUT2D eigenvalue weighted by molar-refractivity contribution is 0.0473. The number of anilines is 1. The summed E-state index contributed by atoms with van der Waals surface area (Å²) >= 11 is 0. The van der Waals surface area contributed by atoms with Gasteiger partial charge in [-0.05, 0) is 18.1 Å². The van der Waals surface area contributed by atoms with E-state index in [4.69, 9.17) is 19.9 Å². The molecule has 2 aromatic rings. The molecule has 0 atom stereocenters. The highest BCUT2D eigenvalue weighted by molar-refractivity contribution is 6.02. The smallest absolute Gasteiger partial charge is 0.338 e. The molecule has 0 aliphatic carbocycles. The van der Waals surface area contributed by atoms with Crippen LogP contribution < -0.4 is 26.5 Å². The summed E-state index contributed by atoms with van der Waals surface area (Å²) in [6, 6.07) is 4.42.